The minimum atomic E-state index is -0.0611. The lowest BCUT2D eigenvalue weighted by atomic mass is 10.1. The molecule has 2 heterocycles. The molecule has 1 unspecified atom stereocenters. The number of amides is 1. The van der Waals surface area contributed by atoms with Crippen molar-refractivity contribution in [1.29, 1.82) is 0 Å². The summed E-state index contributed by atoms with van der Waals surface area (Å²) in [6, 6.07) is 0. The Hall–Kier alpha value is -1.36. The number of likely N-dealkylation sites (tertiary alicyclic amines) is 1. The predicted octanol–water partition coefficient (Wildman–Crippen LogP) is 0.712. The molecule has 1 amide bonds. The molecule has 1 atom stereocenters. The van der Waals surface area contributed by atoms with E-state index in [4.69, 9.17) is 10.2 Å². The topological polar surface area (TPSA) is 72.4 Å². The van der Waals surface area contributed by atoms with Crippen LogP contribution in [0.4, 0.5) is 0 Å². The average Bonchev–Trinajstić information content (AvgIpc) is 2.84. The van der Waals surface area contributed by atoms with E-state index in [0.717, 1.165) is 19.5 Å². The molecule has 2 rings (SSSR count). The minimum Gasteiger partial charge on any atom is -0.436 e. The molecule has 1 aliphatic heterocycles. The second-order valence-electron chi connectivity index (χ2n) is 4.29. The number of carbonyl (C=O) groups excluding carboxylic acids is 1. The lowest BCUT2D eigenvalue weighted by Gasteiger charge is -2.14. The van der Waals surface area contributed by atoms with Crippen molar-refractivity contribution in [2.45, 2.75) is 20.3 Å². The van der Waals surface area contributed by atoms with E-state index in [9.17, 15) is 4.79 Å². The summed E-state index contributed by atoms with van der Waals surface area (Å²) < 4.78 is 5.32. The fourth-order valence-electron chi connectivity index (χ4n) is 2.08. The quantitative estimate of drug-likeness (QED) is 0.801. The largest absolute Gasteiger partial charge is 0.436 e. The summed E-state index contributed by atoms with van der Waals surface area (Å²) in [7, 11) is 0. The van der Waals surface area contributed by atoms with Gasteiger partial charge in [-0.1, -0.05) is 0 Å². The number of aromatic nitrogens is 1. The number of rotatable bonds is 2. The molecule has 1 fully saturated rings. The first kappa shape index (κ1) is 11.1. The molecule has 1 aliphatic rings. The highest BCUT2D eigenvalue weighted by Gasteiger charge is 2.29. The molecule has 1 aromatic rings. The Morgan fingerprint density at radius 1 is 1.62 bits per heavy atom. The number of hydrogen-bond acceptors (Lipinski definition) is 4. The number of nitrogens with zero attached hydrogens (tertiary/aromatic N) is 2. The smallest absolute Gasteiger partial charge is 0.291 e. The summed E-state index contributed by atoms with van der Waals surface area (Å²) in [5.41, 5.74) is 6.26. The van der Waals surface area contributed by atoms with Gasteiger partial charge < -0.3 is 15.1 Å². The van der Waals surface area contributed by atoms with E-state index in [1.807, 2.05) is 0 Å². The molecule has 1 aromatic heterocycles. The zero-order valence-corrected chi connectivity index (χ0v) is 9.69. The van der Waals surface area contributed by atoms with E-state index in [1.54, 1.807) is 18.7 Å². The highest BCUT2D eigenvalue weighted by Crippen LogP contribution is 2.19. The van der Waals surface area contributed by atoms with Crippen molar-refractivity contribution < 1.29 is 9.21 Å². The molecule has 16 heavy (non-hydrogen) atoms. The third-order valence-corrected chi connectivity index (χ3v) is 3.00. The van der Waals surface area contributed by atoms with Crippen molar-refractivity contribution in [1.82, 2.24) is 9.88 Å². The van der Waals surface area contributed by atoms with Crippen LogP contribution in [0.25, 0.3) is 0 Å². The number of hydrogen-bond donors (Lipinski definition) is 1. The van der Waals surface area contributed by atoms with Gasteiger partial charge in [0.15, 0.2) is 5.89 Å². The van der Waals surface area contributed by atoms with Gasteiger partial charge in [-0.2, -0.15) is 0 Å². The van der Waals surface area contributed by atoms with Gasteiger partial charge in [0.2, 0.25) is 5.76 Å². The summed E-state index contributed by atoms with van der Waals surface area (Å²) in [5.74, 6) is 1.27. The van der Waals surface area contributed by atoms with Gasteiger partial charge in [-0.3, -0.25) is 4.79 Å². The summed E-state index contributed by atoms with van der Waals surface area (Å²) in [6.45, 7) is 5.67. The molecule has 88 valence electrons. The first-order valence-electron chi connectivity index (χ1n) is 5.55. The third-order valence-electron chi connectivity index (χ3n) is 3.00. The number of oxazole rings is 1. The van der Waals surface area contributed by atoms with E-state index in [1.165, 1.54) is 0 Å². The molecule has 0 aromatic carbocycles. The van der Waals surface area contributed by atoms with Crippen LogP contribution in [0, 0.1) is 19.8 Å². The SMILES string of the molecule is Cc1nc(C)c(C(=O)N2CCC(CN)C2)o1. The maximum absolute atomic E-state index is 12.1. The standard InChI is InChI=1S/C11H17N3O2/c1-7-10(16-8(2)13-7)11(15)14-4-3-9(5-12)6-14/h9H,3-6,12H2,1-2H3. The number of nitrogens with two attached hydrogens (primary N) is 1. The summed E-state index contributed by atoms with van der Waals surface area (Å²) >= 11 is 0. The molecule has 0 spiro atoms. The van der Waals surface area contributed by atoms with Gasteiger partial charge >= 0.3 is 0 Å². The van der Waals surface area contributed by atoms with Gasteiger partial charge in [0.1, 0.15) is 0 Å². The lowest BCUT2D eigenvalue weighted by Crippen LogP contribution is -2.30. The molecular weight excluding hydrogens is 206 g/mol. The van der Waals surface area contributed by atoms with Crippen LogP contribution in [0.2, 0.25) is 0 Å². The molecular formula is C11H17N3O2. The van der Waals surface area contributed by atoms with E-state index in [0.29, 0.717) is 29.8 Å². The van der Waals surface area contributed by atoms with Gasteiger partial charge in [-0.15, -0.1) is 0 Å². The summed E-state index contributed by atoms with van der Waals surface area (Å²) in [6.07, 6.45) is 0.981. The molecule has 5 nitrogen and oxygen atoms in total. The Morgan fingerprint density at radius 3 is 2.88 bits per heavy atom. The van der Waals surface area contributed by atoms with Crippen LogP contribution in [-0.4, -0.2) is 35.4 Å². The second kappa shape index (κ2) is 4.25. The van der Waals surface area contributed by atoms with Crippen LogP contribution in [0.15, 0.2) is 4.42 Å². The van der Waals surface area contributed by atoms with Gasteiger partial charge in [0.25, 0.3) is 5.91 Å². The Kier molecular flexibility index (Phi) is 2.96. The van der Waals surface area contributed by atoms with E-state index < -0.39 is 0 Å². The van der Waals surface area contributed by atoms with Crippen LogP contribution in [0.3, 0.4) is 0 Å². The normalized spacial score (nSPS) is 20.4. The third kappa shape index (κ3) is 1.95. The van der Waals surface area contributed by atoms with Crippen LogP contribution in [-0.2, 0) is 0 Å². The van der Waals surface area contributed by atoms with Crippen molar-refractivity contribution >= 4 is 5.91 Å². The highest BCUT2D eigenvalue weighted by molar-refractivity contribution is 5.92. The second-order valence-corrected chi connectivity index (χ2v) is 4.29. The fraction of sp³-hybridized carbons (Fsp3) is 0.636. The maximum atomic E-state index is 12.1. The van der Waals surface area contributed by atoms with E-state index in [-0.39, 0.29) is 5.91 Å². The lowest BCUT2D eigenvalue weighted by molar-refractivity contribution is 0.0753. The van der Waals surface area contributed by atoms with E-state index >= 15 is 0 Å². The molecule has 0 saturated carbocycles. The Balaban J connectivity index is 2.11. The number of aryl methyl sites for hydroxylation is 2. The van der Waals surface area contributed by atoms with E-state index in [2.05, 4.69) is 4.98 Å². The van der Waals surface area contributed by atoms with Gasteiger partial charge in [-0.05, 0) is 25.8 Å². The zero-order chi connectivity index (χ0) is 11.7. The summed E-state index contributed by atoms with van der Waals surface area (Å²) in [5, 5.41) is 0. The van der Waals surface area contributed by atoms with Crippen molar-refractivity contribution in [3.05, 3.63) is 17.3 Å². The van der Waals surface area contributed by atoms with Crippen LogP contribution in [0.5, 0.6) is 0 Å². The molecule has 5 heteroatoms. The molecule has 0 bridgehead atoms. The predicted molar refractivity (Wildman–Crippen MR) is 59.0 cm³/mol. The summed E-state index contributed by atoms with van der Waals surface area (Å²) in [4.78, 5) is 18.0. The van der Waals surface area contributed by atoms with Gasteiger partial charge in [0.05, 0.1) is 5.69 Å². The first-order valence-corrected chi connectivity index (χ1v) is 5.55. The molecule has 0 radical (unpaired) electrons. The Labute approximate surface area is 94.6 Å². The zero-order valence-electron chi connectivity index (χ0n) is 9.69. The van der Waals surface area contributed by atoms with Gasteiger partial charge in [0, 0.05) is 20.0 Å². The Bertz CT molecular complexity index is 400. The van der Waals surface area contributed by atoms with Crippen LogP contribution >= 0.6 is 0 Å². The molecule has 0 aliphatic carbocycles. The maximum Gasteiger partial charge on any atom is 0.291 e. The average molecular weight is 223 g/mol. The van der Waals surface area contributed by atoms with Crippen LogP contribution < -0.4 is 5.73 Å². The Morgan fingerprint density at radius 2 is 2.38 bits per heavy atom. The first-order chi connectivity index (χ1) is 7.61. The monoisotopic (exact) mass is 223 g/mol. The van der Waals surface area contributed by atoms with Crippen molar-refractivity contribution in [3.8, 4) is 0 Å². The highest BCUT2D eigenvalue weighted by atomic mass is 16.4. The van der Waals surface area contributed by atoms with Crippen molar-refractivity contribution in [2.75, 3.05) is 19.6 Å². The van der Waals surface area contributed by atoms with Crippen LogP contribution in [0.1, 0.15) is 28.6 Å². The molecule has 1 saturated heterocycles. The fourth-order valence-corrected chi connectivity index (χ4v) is 2.08. The van der Waals surface area contributed by atoms with Crippen molar-refractivity contribution in [2.24, 2.45) is 11.7 Å². The number of carbonyl (C=O) groups is 1. The van der Waals surface area contributed by atoms with Gasteiger partial charge in [-0.25, -0.2) is 4.98 Å². The van der Waals surface area contributed by atoms with Crippen molar-refractivity contribution in [3.63, 3.8) is 0 Å². The molecule has 2 N–H and O–H groups in total. The minimum absolute atomic E-state index is 0.0611.